The van der Waals surface area contributed by atoms with E-state index in [0.717, 1.165) is 78.2 Å². The van der Waals surface area contributed by atoms with Gasteiger partial charge in [0.25, 0.3) is 0 Å². The molecule has 82 heavy (non-hydrogen) atoms. The summed E-state index contributed by atoms with van der Waals surface area (Å²) in [5.41, 5.74) is 5.78. The Balaban J connectivity index is 0.661. The van der Waals surface area contributed by atoms with Crippen molar-refractivity contribution in [3.63, 3.8) is 0 Å². The van der Waals surface area contributed by atoms with Crippen LogP contribution in [0.2, 0.25) is 0 Å². The molecule has 0 spiro atoms. The number of amides is 1. The van der Waals surface area contributed by atoms with Gasteiger partial charge in [-0.3, -0.25) is 29.5 Å². The van der Waals surface area contributed by atoms with Crippen LogP contribution in [0.3, 0.4) is 0 Å². The number of morpholine rings is 2. The Morgan fingerprint density at radius 3 is 1.72 bits per heavy atom. The summed E-state index contributed by atoms with van der Waals surface area (Å²) >= 11 is 0. The predicted octanol–water partition coefficient (Wildman–Crippen LogP) is 6.52. The fourth-order valence-electron chi connectivity index (χ4n) is 12.5. The molecule has 0 saturated carbocycles. The van der Waals surface area contributed by atoms with Crippen LogP contribution in [0.15, 0.2) is 103 Å². The average molecular weight is 1130 g/mol. The Bertz CT molecular complexity index is 3090. The van der Waals surface area contributed by atoms with Crippen LogP contribution in [0.5, 0.6) is 11.5 Å². The predicted molar refractivity (Wildman–Crippen MR) is 313 cm³/mol. The standard InChI is InChI=1S/C62H78F2N12O6/c1-41-29-73(35-58(78)76-40-62(5,6)60-56(76)23-48(26-68-60)70-46-16-12-44(64)13-17-46)49(27-65-41)31-71-18-20-79-53(33-71)37-81-51-8-7-9-52(24-51)82-38-54-34-72(19-21-80-54)32-50-28-66-42(2)30-74(50)57(36-77)75-39-61(3,4)59-55(75)22-47(25-67-59)69-45-14-10-43(63)11-15-45/h7-17,22-26,41-42,49-50,53-54,65-66,69-70H,18-21,27-35,37-40H2,1-6H3/t41-,42-,49-,50-,53+,54+/m1/s1. The van der Waals surface area contributed by atoms with Crippen LogP contribution >= 0.6 is 0 Å². The quantitative estimate of drug-likeness (QED) is 0.0701. The Hall–Kier alpha value is -6.74. The third-order valence-electron chi connectivity index (χ3n) is 16.6. The molecule has 5 aromatic rings. The highest BCUT2D eigenvalue weighted by Crippen LogP contribution is 2.44. The maximum atomic E-state index is 14.4. The fourth-order valence-corrected chi connectivity index (χ4v) is 12.5. The molecule has 18 nitrogen and oxygen atoms in total. The number of benzene rings is 3. The lowest BCUT2D eigenvalue weighted by molar-refractivity contribution is -0.121. The number of carbonyl (C=O) groups is 1. The molecule has 6 aliphatic heterocycles. The molecule has 4 fully saturated rings. The molecule has 6 aliphatic rings. The first-order valence-corrected chi connectivity index (χ1v) is 28.9. The largest absolute Gasteiger partial charge is 0.491 e. The highest BCUT2D eigenvalue weighted by Gasteiger charge is 2.44. The SMILES string of the molecule is C[C@@H]1CN(CC(=O)N2CC(C)(C)c3ncc(Nc4ccc(F)cc4)cc32)[C@@H](CN2CCO[C@H](COc3cccc(OC[C@@H]4CN(C[C@H]5CN[C@H](C)CN5C(=C=O)N5CC(C)(C)c6ncc(Nc7ccc(F)cc7)cc65)CCO4)c3)C2)CN1. The van der Waals surface area contributed by atoms with E-state index >= 15 is 0 Å². The van der Waals surface area contributed by atoms with Crippen LogP contribution in [0.1, 0.15) is 52.9 Å². The van der Waals surface area contributed by atoms with Crippen LogP contribution in [0, 0.1) is 11.6 Å². The van der Waals surface area contributed by atoms with Gasteiger partial charge < -0.3 is 54.9 Å². The molecule has 0 aliphatic carbocycles. The van der Waals surface area contributed by atoms with Crippen LogP contribution in [-0.4, -0.2) is 189 Å². The molecular weight excluding hydrogens is 1050 g/mol. The first-order valence-electron chi connectivity index (χ1n) is 28.9. The molecule has 11 rings (SSSR count). The van der Waals surface area contributed by atoms with Crippen molar-refractivity contribution in [3.8, 4) is 11.5 Å². The summed E-state index contributed by atoms with van der Waals surface area (Å²) in [4.78, 5) is 50.6. The average Bonchev–Trinajstić information content (AvgIpc) is 4.16. The monoisotopic (exact) mass is 1120 g/mol. The molecule has 4 N–H and O–H groups in total. The Labute approximate surface area is 480 Å². The maximum Gasteiger partial charge on any atom is 0.241 e. The smallest absolute Gasteiger partial charge is 0.241 e. The number of hydrogen-bond donors (Lipinski definition) is 4. The van der Waals surface area contributed by atoms with Crippen LogP contribution in [0.4, 0.5) is 42.9 Å². The minimum atomic E-state index is -0.320. The van der Waals surface area contributed by atoms with Gasteiger partial charge in [0.15, 0.2) is 11.8 Å². The topological polar surface area (TPSA) is 164 Å². The number of aromatic nitrogens is 2. The number of ether oxygens (including phenoxy) is 4. The maximum absolute atomic E-state index is 14.4. The van der Waals surface area contributed by atoms with Gasteiger partial charge in [0.2, 0.25) is 5.91 Å². The highest BCUT2D eigenvalue weighted by molar-refractivity contribution is 5.98. The van der Waals surface area contributed by atoms with Crippen molar-refractivity contribution < 1.29 is 37.3 Å². The van der Waals surface area contributed by atoms with E-state index < -0.39 is 0 Å². The van der Waals surface area contributed by atoms with E-state index in [0.29, 0.717) is 89.6 Å². The fraction of sp³-hybridized carbons (Fsp3) is 0.500. The molecule has 3 aromatic carbocycles. The summed E-state index contributed by atoms with van der Waals surface area (Å²) in [5.74, 6) is 3.69. The van der Waals surface area contributed by atoms with Crippen molar-refractivity contribution in [2.45, 2.75) is 88.7 Å². The molecule has 8 heterocycles. The molecule has 1 amide bonds. The number of halogens is 2. The van der Waals surface area contributed by atoms with Gasteiger partial charge >= 0.3 is 0 Å². The second kappa shape index (κ2) is 24.6. The van der Waals surface area contributed by atoms with E-state index in [1.807, 2.05) is 41.3 Å². The van der Waals surface area contributed by atoms with Gasteiger partial charge in [-0.1, -0.05) is 33.8 Å². The van der Waals surface area contributed by atoms with Crippen molar-refractivity contribution in [3.05, 3.63) is 126 Å². The van der Waals surface area contributed by atoms with Gasteiger partial charge in [-0.05, 0) is 86.6 Å². The number of piperazine rings is 2. The first kappa shape index (κ1) is 57.1. The Morgan fingerprint density at radius 1 is 0.671 bits per heavy atom. The van der Waals surface area contributed by atoms with Gasteiger partial charge in [0, 0.05) is 125 Å². The zero-order valence-corrected chi connectivity index (χ0v) is 48.0. The number of anilines is 6. The second-order valence-corrected chi connectivity index (χ2v) is 24.3. The molecule has 2 aromatic heterocycles. The van der Waals surface area contributed by atoms with E-state index in [4.69, 9.17) is 28.9 Å². The lowest BCUT2D eigenvalue weighted by Crippen LogP contribution is -2.61. The summed E-state index contributed by atoms with van der Waals surface area (Å²) in [5, 5.41) is 14.0. The zero-order chi connectivity index (χ0) is 57.1. The van der Waals surface area contributed by atoms with Crippen LogP contribution in [-0.2, 0) is 29.9 Å². The molecule has 0 radical (unpaired) electrons. The summed E-state index contributed by atoms with van der Waals surface area (Å²) in [6.45, 7) is 23.4. The molecule has 0 bridgehead atoms. The molecule has 6 atom stereocenters. The van der Waals surface area contributed by atoms with E-state index in [1.54, 1.807) is 36.7 Å². The second-order valence-electron chi connectivity index (χ2n) is 24.3. The normalized spacial score (nSPS) is 24.6. The minimum Gasteiger partial charge on any atom is -0.491 e. The van der Waals surface area contributed by atoms with Gasteiger partial charge in [-0.2, -0.15) is 0 Å². The Kier molecular flexibility index (Phi) is 17.1. The van der Waals surface area contributed by atoms with Crippen LogP contribution in [0.25, 0.3) is 0 Å². The summed E-state index contributed by atoms with van der Waals surface area (Å²) in [6.07, 6.45) is 3.26. The molecule has 20 heteroatoms. The summed E-state index contributed by atoms with van der Waals surface area (Å²) in [7, 11) is 0. The van der Waals surface area contributed by atoms with Crippen molar-refractivity contribution in [1.82, 2.24) is 40.2 Å². The summed E-state index contributed by atoms with van der Waals surface area (Å²) in [6, 6.07) is 24.6. The van der Waals surface area contributed by atoms with E-state index in [2.05, 4.69) is 93.3 Å². The first-order chi connectivity index (χ1) is 39.5. The van der Waals surface area contributed by atoms with E-state index in [-0.39, 0.29) is 71.3 Å². The lowest BCUT2D eigenvalue weighted by Gasteiger charge is -2.45. The van der Waals surface area contributed by atoms with Gasteiger partial charge in [0.05, 0.1) is 72.3 Å². The molecule has 0 unspecified atom stereocenters. The van der Waals surface area contributed by atoms with E-state index in [9.17, 15) is 18.4 Å². The molecular formula is C62H78F2N12O6. The number of carbonyl (C=O) groups excluding carboxylic acids is 2. The number of fused-ring (bicyclic) bond motifs is 2. The number of rotatable bonds is 18. The molecule has 436 valence electrons. The minimum absolute atomic E-state index is 0.0126. The Morgan fingerprint density at radius 2 is 1.17 bits per heavy atom. The van der Waals surface area contributed by atoms with Crippen molar-refractivity contribution in [1.29, 1.82) is 0 Å². The van der Waals surface area contributed by atoms with Gasteiger partial charge in [0.1, 0.15) is 48.6 Å². The van der Waals surface area contributed by atoms with Crippen LogP contribution < -0.4 is 40.5 Å². The number of hydrogen-bond acceptors (Lipinski definition) is 17. The molecule has 4 saturated heterocycles. The van der Waals surface area contributed by atoms with Crippen molar-refractivity contribution in [2.24, 2.45) is 0 Å². The number of nitrogens with zero attached hydrogens (tertiary/aromatic N) is 8. The third-order valence-corrected chi connectivity index (χ3v) is 16.6. The number of nitrogens with one attached hydrogen (secondary N) is 4. The lowest BCUT2D eigenvalue weighted by atomic mass is 9.91. The van der Waals surface area contributed by atoms with Crippen molar-refractivity contribution >= 4 is 46.0 Å². The zero-order valence-electron chi connectivity index (χ0n) is 48.0. The number of pyridine rings is 2. The van der Waals surface area contributed by atoms with Crippen molar-refractivity contribution in [2.75, 3.05) is 132 Å². The van der Waals surface area contributed by atoms with E-state index in [1.165, 1.54) is 24.3 Å². The van der Waals surface area contributed by atoms with Gasteiger partial charge in [-0.25, -0.2) is 13.6 Å². The van der Waals surface area contributed by atoms with Gasteiger partial charge in [-0.15, -0.1) is 0 Å². The summed E-state index contributed by atoms with van der Waals surface area (Å²) < 4.78 is 52.6. The highest BCUT2D eigenvalue weighted by atomic mass is 19.1. The third kappa shape index (κ3) is 13.4.